The average Bonchev–Trinajstić information content (AvgIpc) is 2.94. The van der Waals surface area contributed by atoms with E-state index in [1.807, 2.05) is 31.5 Å². The number of hydrogen-bond acceptors (Lipinski definition) is 1. The molecule has 0 fully saturated rings. The van der Waals surface area contributed by atoms with Crippen molar-refractivity contribution in [2.45, 2.75) is 19.4 Å². The molecule has 2 aromatic rings. The first-order chi connectivity index (χ1) is 10.2. The van der Waals surface area contributed by atoms with Crippen LogP contribution in [0, 0.1) is 13.5 Å². The topological polar surface area (TPSA) is 22.2 Å². The quantitative estimate of drug-likeness (QED) is 0.600. The summed E-state index contributed by atoms with van der Waals surface area (Å²) in [6, 6.07) is 10.8. The van der Waals surface area contributed by atoms with Crippen LogP contribution in [0.1, 0.15) is 23.9 Å². The lowest BCUT2D eigenvalue weighted by atomic mass is 10.0. The summed E-state index contributed by atoms with van der Waals surface area (Å²) in [7, 11) is 1.92. The summed E-state index contributed by atoms with van der Waals surface area (Å²) in [5.41, 5.74) is 1.29. The third-order valence-corrected chi connectivity index (χ3v) is 2.77. The number of aryl methyl sites for hydroxylation is 1. The normalized spacial score (nSPS) is 10.0. The molecule has 0 saturated carbocycles. The largest absolute Gasteiger partial charge is 0.327 e. The number of alkyl halides is 1. The smallest absolute Gasteiger partial charge is 0.205 e. The minimum atomic E-state index is 0.307. The van der Waals surface area contributed by atoms with E-state index in [1.165, 1.54) is 12.6 Å². The lowest BCUT2D eigenvalue weighted by molar-refractivity contribution is 0.576. The molecule has 112 valence electrons. The Morgan fingerprint density at radius 2 is 1.95 bits per heavy atom. The maximum Gasteiger partial charge on any atom is 0.205 e. The van der Waals surface area contributed by atoms with E-state index in [0.717, 1.165) is 12.2 Å². The molecule has 0 radical (unpaired) electrons. The number of benzene rings is 1. The minimum Gasteiger partial charge on any atom is -0.327 e. The van der Waals surface area contributed by atoms with Crippen LogP contribution >= 0.6 is 0 Å². The maximum absolute atomic E-state index is 9.50. The predicted octanol–water partition coefficient (Wildman–Crippen LogP) is 4.48. The van der Waals surface area contributed by atoms with Gasteiger partial charge in [0.2, 0.25) is 7.05 Å². The molecule has 0 saturated heterocycles. The van der Waals surface area contributed by atoms with Crippen LogP contribution in [-0.2, 0) is 0 Å². The molecule has 21 heavy (non-hydrogen) atoms. The molecular weight excluding hydrogens is 265 g/mol. The average molecular weight is 287 g/mol. The summed E-state index contributed by atoms with van der Waals surface area (Å²) in [6.45, 7) is 11.7. The predicted molar refractivity (Wildman–Crippen MR) is 85.9 cm³/mol. The second-order valence-electron chi connectivity index (χ2n) is 4.06. The molecule has 1 aromatic heterocycles. The Hall–Kier alpha value is -2.41. The minimum absolute atomic E-state index is 0.307. The fourth-order valence-electron chi connectivity index (χ4n) is 1.96. The summed E-state index contributed by atoms with van der Waals surface area (Å²) in [5.74, 6) is 1.04. The zero-order valence-electron chi connectivity index (χ0n) is 12.8. The Balaban J connectivity index is 0.000000713. The second kappa shape index (κ2) is 11.4. The zero-order valence-corrected chi connectivity index (χ0v) is 12.8. The SMILES string of the molecule is C=CCC(c1ccccc1)n1ccnc1C.CF.[C-]#[N+]C. The summed E-state index contributed by atoms with van der Waals surface area (Å²) < 4.78 is 11.7. The van der Waals surface area contributed by atoms with E-state index in [9.17, 15) is 4.39 Å². The highest BCUT2D eigenvalue weighted by molar-refractivity contribution is 5.21. The first kappa shape index (κ1) is 18.6. The fraction of sp³-hybridized carbons (Fsp3) is 0.294. The van der Waals surface area contributed by atoms with Gasteiger partial charge >= 0.3 is 0 Å². The van der Waals surface area contributed by atoms with Crippen molar-refractivity contribution in [1.29, 1.82) is 0 Å². The third kappa shape index (κ3) is 6.05. The Morgan fingerprint density at radius 3 is 2.38 bits per heavy atom. The Bertz CT molecular complexity index is 541. The Morgan fingerprint density at radius 1 is 1.38 bits per heavy atom. The zero-order chi connectivity index (χ0) is 16.1. The number of rotatable bonds is 4. The van der Waals surface area contributed by atoms with Crippen molar-refractivity contribution in [3.05, 3.63) is 78.2 Å². The van der Waals surface area contributed by atoms with Crippen LogP contribution in [-0.4, -0.2) is 23.8 Å². The van der Waals surface area contributed by atoms with Crippen molar-refractivity contribution in [3.63, 3.8) is 0 Å². The van der Waals surface area contributed by atoms with Gasteiger partial charge in [-0.25, -0.2) is 11.6 Å². The molecule has 1 atom stereocenters. The van der Waals surface area contributed by atoms with Crippen molar-refractivity contribution >= 4 is 0 Å². The van der Waals surface area contributed by atoms with Gasteiger partial charge in [0.15, 0.2) is 0 Å². The van der Waals surface area contributed by atoms with Gasteiger partial charge in [-0.15, -0.1) is 6.58 Å². The highest BCUT2D eigenvalue weighted by Crippen LogP contribution is 2.23. The van der Waals surface area contributed by atoms with E-state index in [4.69, 9.17) is 6.57 Å². The lowest BCUT2D eigenvalue weighted by Crippen LogP contribution is -2.10. The molecule has 1 aromatic carbocycles. The van der Waals surface area contributed by atoms with E-state index in [-0.39, 0.29) is 0 Å². The molecule has 0 amide bonds. The first-order valence-electron chi connectivity index (χ1n) is 6.53. The number of nitrogens with zero attached hydrogens (tertiary/aromatic N) is 3. The molecule has 0 N–H and O–H groups in total. The molecule has 0 aliphatic heterocycles. The van der Waals surface area contributed by atoms with Crippen LogP contribution in [0.5, 0.6) is 0 Å². The van der Waals surface area contributed by atoms with Crippen molar-refractivity contribution < 1.29 is 4.39 Å². The van der Waals surface area contributed by atoms with Gasteiger partial charge in [-0.1, -0.05) is 36.4 Å². The monoisotopic (exact) mass is 287 g/mol. The van der Waals surface area contributed by atoms with Gasteiger partial charge in [-0.2, -0.15) is 0 Å². The molecule has 0 aliphatic rings. The lowest BCUT2D eigenvalue weighted by Gasteiger charge is -2.18. The molecule has 0 bridgehead atoms. The van der Waals surface area contributed by atoms with Gasteiger partial charge in [0, 0.05) is 12.4 Å². The fourth-order valence-corrected chi connectivity index (χ4v) is 1.96. The summed E-state index contributed by atoms with van der Waals surface area (Å²) in [4.78, 5) is 7.02. The third-order valence-electron chi connectivity index (χ3n) is 2.77. The Labute approximate surface area is 126 Å². The number of hydrogen-bond donors (Lipinski definition) is 0. The van der Waals surface area contributed by atoms with E-state index < -0.39 is 0 Å². The van der Waals surface area contributed by atoms with Gasteiger partial charge in [-0.3, -0.25) is 4.39 Å². The van der Waals surface area contributed by atoms with Crippen molar-refractivity contribution in [2.75, 3.05) is 14.2 Å². The van der Waals surface area contributed by atoms with Crippen molar-refractivity contribution in [1.82, 2.24) is 9.55 Å². The molecule has 0 spiro atoms. The maximum atomic E-state index is 9.50. The number of halogens is 1. The highest BCUT2D eigenvalue weighted by atomic mass is 19.1. The van der Waals surface area contributed by atoms with Crippen LogP contribution < -0.4 is 0 Å². The molecular formula is C17H22FN3. The van der Waals surface area contributed by atoms with Gasteiger partial charge < -0.3 is 9.41 Å². The van der Waals surface area contributed by atoms with Crippen molar-refractivity contribution in [2.24, 2.45) is 0 Å². The van der Waals surface area contributed by atoms with E-state index >= 15 is 0 Å². The molecule has 0 aliphatic carbocycles. The molecule has 1 unspecified atom stereocenters. The van der Waals surface area contributed by atoms with Gasteiger partial charge in [0.05, 0.1) is 13.2 Å². The van der Waals surface area contributed by atoms with E-state index in [1.54, 1.807) is 0 Å². The molecule has 2 rings (SSSR count). The highest BCUT2D eigenvalue weighted by Gasteiger charge is 2.12. The summed E-state index contributed by atoms with van der Waals surface area (Å²) in [5, 5.41) is 0. The van der Waals surface area contributed by atoms with Crippen LogP contribution in [0.25, 0.3) is 4.85 Å². The van der Waals surface area contributed by atoms with E-state index in [0.29, 0.717) is 13.2 Å². The summed E-state index contributed by atoms with van der Waals surface area (Å²) in [6.07, 6.45) is 6.74. The molecule has 4 heteroatoms. The van der Waals surface area contributed by atoms with Crippen molar-refractivity contribution in [3.8, 4) is 0 Å². The van der Waals surface area contributed by atoms with Crippen LogP contribution in [0.15, 0.2) is 55.4 Å². The van der Waals surface area contributed by atoms with Gasteiger partial charge in [0.25, 0.3) is 0 Å². The number of aromatic nitrogens is 2. The second-order valence-corrected chi connectivity index (χ2v) is 4.06. The number of allylic oxidation sites excluding steroid dienone is 1. The molecule has 1 heterocycles. The summed E-state index contributed by atoms with van der Waals surface area (Å²) >= 11 is 0. The van der Waals surface area contributed by atoms with Crippen LogP contribution in [0.4, 0.5) is 4.39 Å². The molecule has 3 nitrogen and oxygen atoms in total. The standard InChI is InChI=1S/C14H16N2.C2H3N.CH3F/c1-3-7-14(13-8-5-4-6-9-13)16-11-10-15-12(16)2;1-3-2;1-2/h3-6,8-11,14H,1,7H2,2H3;1H3;1H3. The van der Waals surface area contributed by atoms with Gasteiger partial charge in [-0.05, 0) is 18.9 Å². The number of imidazole rings is 1. The van der Waals surface area contributed by atoms with Gasteiger partial charge in [0.1, 0.15) is 5.82 Å². The first-order valence-corrected chi connectivity index (χ1v) is 6.53. The van der Waals surface area contributed by atoms with Crippen LogP contribution in [0.2, 0.25) is 0 Å². The van der Waals surface area contributed by atoms with E-state index in [2.05, 4.69) is 45.2 Å². The Kier molecular flexibility index (Phi) is 10.1. The van der Waals surface area contributed by atoms with Crippen LogP contribution in [0.3, 0.4) is 0 Å².